The van der Waals surface area contributed by atoms with Gasteiger partial charge in [-0.2, -0.15) is 0 Å². The molecule has 4 aromatic heterocycles. The molecular formula is C44H24N4. The average molecular weight is 609 g/mol. The van der Waals surface area contributed by atoms with E-state index in [9.17, 15) is 0 Å². The highest BCUT2D eigenvalue weighted by Crippen LogP contribution is 2.53. The topological polar surface area (TPSA) is 51.6 Å². The van der Waals surface area contributed by atoms with Crippen molar-refractivity contribution in [3.63, 3.8) is 0 Å². The van der Waals surface area contributed by atoms with Gasteiger partial charge in [0.05, 0.1) is 22.4 Å². The third kappa shape index (κ3) is 3.49. The molecule has 0 radical (unpaired) electrons. The maximum absolute atomic E-state index is 5.21. The van der Waals surface area contributed by atoms with Crippen molar-refractivity contribution in [1.82, 2.24) is 19.9 Å². The lowest BCUT2D eigenvalue weighted by Crippen LogP contribution is -1.96. The van der Waals surface area contributed by atoms with Gasteiger partial charge in [-0.1, -0.05) is 66.7 Å². The smallest absolute Gasteiger partial charge is 0.159 e. The maximum atomic E-state index is 5.21. The largest absolute Gasteiger partial charge is 0.255 e. The van der Waals surface area contributed by atoms with Crippen molar-refractivity contribution in [3.8, 4) is 44.8 Å². The van der Waals surface area contributed by atoms with Crippen molar-refractivity contribution >= 4 is 65.2 Å². The summed E-state index contributed by atoms with van der Waals surface area (Å²) in [4.78, 5) is 19.6. The van der Waals surface area contributed by atoms with Gasteiger partial charge >= 0.3 is 0 Å². The summed E-state index contributed by atoms with van der Waals surface area (Å²) in [6.45, 7) is 0. The molecule has 0 fully saturated rings. The maximum Gasteiger partial charge on any atom is 0.159 e. The minimum atomic E-state index is 0.741. The molecule has 0 bridgehead atoms. The second-order valence-electron chi connectivity index (χ2n) is 12.6. The minimum Gasteiger partial charge on any atom is -0.255 e. The number of rotatable bonds is 2. The quantitative estimate of drug-likeness (QED) is 0.145. The predicted molar refractivity (Wildman–Crippen MR) is 198 cm³/mol. The number of benzene rings is 6. The van der Waals surface area contributed by atoms with E-state index >= 15 is 0 Å². The number of nitrogens with zero attached hydrogens (tertiary/aromatic N) is 4. The van der Waals surface area contributed by atoms with E-state index in [0.717, 1.165) is 66.1 Å². The Labute approximate surface area is 275 Å². The van der Waals surface area contributed by atoms with Gasteiger partial charge in [0.2, 0.25) is 0 Å². The first-order chi connectivity index (χ1) is 23.8. The Kier molecular flexibility index (Phi) is 5.08. The highest BCUT2D eigenvalue weighted by Gasteiger charge is 2.27. The zero-order valence-corrected chi connectivity index (χ0v) is 25.6. The molecule has 1 aliphatic rings. The fourth-order valence-corrected chi connectivity index (χ4v) is 8.01. The Hall–Kier alpha value is -6.52. The summed E-state index contributed by atoms with van der Waals surface area (Å²) >= 11 is 0. The van der Waals surface area contributed by atoms with E-state index < -0.39 is 0 Å². The van der Waals surface area contributed by atoms with Crippen LogP contribution < -0.4 is 0 Å². The molecule has 4 heteroatoms. The average Bonchev–Trinajstić information content (AvgIpc) is 3.45. The predicted octanol–water partition coefficient (Wildman–Crippen LogP) is 11.2. The van der Waals surface area contributed by atoms with Crippen LogP contribution in [-0.2, 0) is 0 Å². The Bertz CT molecular complexity index is 3020. The zero-order valence-electron chi connectivity index (χ0n) is 25.6. The first kappa shape index (κ1) is 25.6. The van der Waals surface area contributed by atoms with E-state index in [0.29, 0.717) is 0 Å². The SMILES string of the molecule is c1cnc2nc(-c3c4ccccc4c(-c4ccc5ncccc5n4)c4cc5c(cc34)-c3cccc4c3c-5cc3ccccc34)ccc2c1. The second kappa shape index (κ2) is 9.50. The third-order valence-corrected chi connectivity index (χ3v) is 10.1. The van der Waals surface area contributed by atoms with Crippen LogP contribution in [0.25, 0.3) is 110 Å². The molecule has 0 amide bonds. The molecule has 0 saturated heterocycles. The van der Waals surface area contributed by atoms with E-state index in [1.807, 2.05) is 30.6 Å². The van der Waals surface area contributed by atoms with E-state index in [1.165, 1.54) is 43.8 Å². The first-order valence-corrected chi connectivity index (χ1v) is 16.2. The van der Waals surface area contributed by atoms with Crippen molar-refractivity contribution < 1.29 is 0 Å². The van der Waals surface area contributed by atoms with E-state index in [4.69, 9.17) is 9.97 Å². The molecule has 4 nitrogen and oxygen atoms in total. The van der Waals surface area contributed by atoms with E-state index in [-0.39, 0.29) is 0 Å². The molecule has 6 aromatic carbocycles. The minimum absolute atomic E-state index is 0.741. The fraction of sp³-hybridized carbons (Fsp3) is 0. The first-order valence-electron chi connectivity index (χ1n) is 16.2. The van der Waals surface area contributed by atoms with Crippen molar-refractivity contribution in [3.05, 3.63) is 146 Å². The van der Waals surface area contributed by atoms with Crippen LogP contribution in [0.4, 0.5) is 0 Å². The van der Waals surface area contributed by atoms with Gasteiger partial charge in [-0.3, -0.25) is 4.98 Å². The molecule has 220 valence electrons. The lowest BCUT2D eigenvalue weighted by Gasteiger charge is -2.19. The molecule has 11 rings (SSSR count). The molecule has 48 heavy (non-hydrogen) atoms. The lowest BCUT2D eigenvalue weighted by atomic mass is 9.86. The van der Waals surface area contributed by atoms with Crippen LogP contribution in [0.2, 0.25) is 0 Å². The summed E-state index contributed by atoms with van der Waals surface area (Å²) < 4.78 is 0. The van der Waals surface area contributed by atoms with Crippen molar-refractivity contribution in [2.24, 2.45) is 0 Å². The van der Waals surface area contributed by atoms with Gasteiger partial charge in [-0.05, 0) is 132 Å². The zero-order chi connectivity index (χ0) is 31.3. The van der Waals surface area contributed by atoms with Crippen LogP contribution in [0.15, 0.2) is 146 Å². The van der Waals surface area contributed by atoms with Crippen LogP contribution in [0.3, 0.4) is 0 Å². The summed E-state index contributed by atoms with van der Waals surface area (Å²) in [6.07, 6.45) is 3.63. The molecule has 1 aliphatic carbocycles. The number of aromatic nitrogens is 4. The monoisotopic (exact) mass is 608 g/mol. The molecule has 0 N–H and O–H groups in total. The summed E-state index contributed by atoms with van der Waals surface area (Å²) in [5.74, 6) is 0. The summed E-state index contributed by atoms with van der Waals surface area (Å²) in [7, 11) is 0. The van der Waals surface area contributed by atoms with Gasteiger partial charge in [0.15, 0.2) is 5.65 Å². The van der Waals surface area contributed by atoms with Crippen LogP contribution in [-0.4, -0.2) is 19.9 Å². The molecule has 0 atom stereocenters. The van der Waals surface area contributed by atoms with Gasteiger partial charge < -0.3 is 0 Å². The van der Waals surface area contributed by atoms with Crippen LogP contribution in [0.1, 0.15) is 0 Å². The molecule has 0 saturated carbocycles. The molecule has 10 aromatic rings. The number of fused-ring (bicyclic) bond motifs is 9. The summed E-state index contributed by atoms with van der Waals surface area (Å²) in [6, 6.07) is 47.8. The molecule has 0 unspecified atom stereocenters. The molecular weight excluding hydrogens is 585 g/mol. The summed E-state index contributed by atoms with van der Waals surface area (Å²) in [5.41, 5.74) is 11.6. The number of pyridine rings is 4. The van der Waals surface area contributed by atoms with Crippen molar-refractivity contribution in [1.29, 1.82) is 0 Å². The highest BCUT2D eigenvalue weighted by molar-refractivity contribution is 6.28. The van der Waals surface area contributed by atoms with Crippen molar-refractivity contribution in [2.45, 2.75) is 0 Å². The standard InChI is InChI=1S/C44H24N4/c1-2-10-27-26(8-1)22-34-33-24-36-35(23-32(33)31-14-5-13-28(27)41(31)34)43(40-17-16-25-9-6-21-46-44(25)48-40)30-12-4-3-11-29(30)42(36)39-19-18-37-38(47-39)15-7-20-45-37/h1-24H. The van der Waals surface area contributed by atoms with Crippen LogP contribution in [0, 0.1) is 0 Å². The van der Waals surface area contributed by atoms with Gasteiger partial charge in [0, 0.05) is 28.9 Å². The molecule has 0 spiro atoms. The Balaban J connectivity index is 1.33. The number of hydrogen-bond acceptors (Lipinski definition) is 4. The normalized spacial score (nSPS) is 12.2. The van der Waals surface area contributed by atoms with E-state index in [2.05, 4.69) is 125 Å². The number of hydrogen-bond donors (Lipinski definition) is 0. The van der Waals surface area contributed by atoms with Gasteiger partial charge in [-0.15, -0.1) is 0 Å². The Morgan fingerprint density at radius 1 is 0.354 bits per heavy atom. The lowest BCUT2D eigenvalue weighted by molar-refractivity contribution is 1.29. The van der Waals surface area contributed by atoms with Gasteiger partial charge in [0.25, 0.3) is 0 Å². The van der Waals surface area contributed by atoms with Gasteiger partial charge in [-0.25, -0.2) is 15.0 Å². The second-order valence-corrected chi connectivity index (χ2v) is 12.6. The van der Waals surface area contributed by atoms with Crippen molar-refractivity contribution in [2.75, 3.05) is 0 Å². The fourth-order valence-electron chi connectivity index (χ4n) is 8.01. The van der Waals surface area contributed by atoms with Gasteiger partial charge in [0.1, 0.15) is 0 Å². The Morgan fingerprint density at radius 2 is 1.02 bits per heavy atom. The Morgan fingerprint density at radius 3 is 1.88 bits per heavy atom. The molecule has 0 aliphatic heterocycles. The highest BCUT2D eigenvalue weighted by atomic mass is 14.8. The third-order valence-electron chi connectivity index (χ3n) is 10.1. The van der Waals surface area contributed by atoms with E-state index in [1.54, 1.807) is 0 Å². The summed E-state index contributed by atoms with van der Waals surface area (Å²) in [5, 5.41) is 10.7. The van der Waals surface area contributed by atoms with Crippen LogP contribution >= 0.6 is 0 Å². The van der Waals surface area contributed by atoms with Crippen LogP contribution in [0.5, 0.6) is 0 Å². The molecule has 4 heterocycles.